The second kappa shape index (κ2) is 6.00. The molecule has 1 aromatic carbocycles. The van der Waals surface area contributed by atoms with Crippen molar-refractivity contribution >= 4 is 11.6 Å². The third-order valence-electron chi connectivity index (χ3n) is 4.50. The molecule has 0 saturated heterocycles. The van der Waals surface area contributed by atoms with Gasteiger partial charge in [0.1, 0.15) is 18.0 Å². The van der Waals surface area contributed by atoms with E-state index in [1.54, 1.807) is 4.90 Å². The van der Waals surface area contributed by atoms with E-state index in [2.05, 4.69) is 4.98 Å². The zero-order valence-electron chi connectivity index (χ0n) is 13.6. The van der Waals surface area contributed by atoms with Crippen molar-refractivity contribution in [1.29, 1.82) is 0 Å². The van der Waals surface area contributed by atoms with Crippen molar-refractivity contribution in [2.75, 3.05) is 13.7 Å². The molecule has 0 aliphatic carbocycles. The minimum Gasteiger partial charge on any atom is -0.492 e. The summed E-state index contributed by atoms with van der Waals surface area (Å²) in [5.41, 5.74) is 2.99. The number of ether oxygens (including phenoxy) is 1. The summed E-state index contributed by atoms with van der Waals surface area (Å²) < 4.78 is 7.76. The van der Waals surface area contributed by atoms with Crippen LogP contribution in [0.3, 0.4) is 0 Å². The number of fused-ring (bicyclic) bond motifs is 2. The van der Waals surface area contributed by atoms with Crippen LogP contribution in [0.2, 0.25) is 0 Å². The molecule has 5 heteroatoms. The predicted molar refractivity (Wildman–Crippen MR) is 90.8 cm³/mol. The molecule has 1 aliphatic rings. The number of hydrogen-bond donors (Lipinski definition) is 0. The van der Waals surface area contributed by atoms with Crippen molar-refractivity contribution in [1.82, 2.24) is 14.3 Å². The number of nitrogens with zero attached hydrogens (tertiary/aromatic N) is 3. The van der Waals surface area contributed by atoms with Gasteiger partial charge in [0.25, 0.3) is 0 Å². The Bertz CT molecular complexity index is 887. The van der Waals surface area contributed by atoms with Gasteiger partial charge in [-0.1, -0.05) is 24.3 Å². The smallest absolute Gasteiger partial charge is 0.229 e. The Hall–Kier alpha value is -2.82. The van der Waals surface area contributed by atoms with E-state index < -0.39 is 0 Å². The average Bonchev–Trinajstić information content (AvgIpc) is 3.03. The minimum absolute atomic E-state index is 0.107. The van der Waals surface area contributed by atoms with Crippen LogP contribution in [0.15, 0.2) is 54.9 Å². The summed E-state index contributed by atoms with van der Waals surface area (Å²) in [6.45, 7) is 0.968. The molecular weight excluding hydrogens is 302 g/mol. The number of rotatable bonds is 3. The zero-order valence-corrected chi connectivity index (χ0v) is 13.6. The molecule has 0 spiro atoms. The van der Waals surface area contributed by atoms with Gasteiger partial charge in [0.2, 0.25) is 5.91 Å². The fraction of sp³-hybridized carbons (Fsp3) is 0.263. The van der Waals surface area contributed by atoms with Crippen LogP contribution < -0.4 is 4.74 Å². The van der Waals surface area contributed by atoms with Gasteiger partial charge in [0, 0.05) is 13.2 Å². The maximum absolute atomic E-state index is 12.8. The third-order valence-corrected chi connectivity index (χ3v) is 4.50. The predicted octanol–water partition coefficient (Wildman–Crippen LogP) is 2.54. The Morgan fingerprint density at radius 3 is 3.04 bits per heavy atom. The number of para-hydroxylation sites is 1. The summed E-state index contributed by atoms with van der Waals surface area (Å²) in [5.74, 6) is 0.866. The molecule has 0 fully saturated rings. The molecule has 0 unspecified atom stereocenters. The number of benzene rings is 1. The van der Waals surface area contributed by atoms with Crippen LogP contribution in [0.25, 0.3) is 5.65 Å². The van der Waals surface area contributed by atoms with Gasteiger partial charge in [-0.25, -0.2) is 4.98 Å². The van der Waals surface area contributed by atoms with Crippen LogP contribution in [0.1, 0.15) is 11.3 Å². The maximum atomic E-state index is 12.8. The molecule has 1 aliphatic heterocycles. The van der Waals surface area contributed by atoms with Crippen LogP contribution in [-0.2, 0) is 17.8 Å². The molecule has 3 aromatic rings. The summed E-state index contributed by atoms with van der Waals surface area (Å²) in [5, 5.41) is 0. The maximum Gasteiger partial charge on any atom is 0.229 e. The van der Waals surface area contributed by atoms with Gasteiger partial charge in [0.15, 0.2) is 0 Å². The Kier molecular flexibility index (Phi) is 3.69. The first-order valence-corrected chi connectivity index (χ1v) is 8.09. The van der Waals surface area contributed by atoms with E-state index >= 15 is 0 Å². The quantitative estimate of drug-likeness (QED) is 0.745. The molecule has 1 atom stereocenters. The normalized spacial score (nSPS) is 16.5. The molecule has 1 amide bonds. The lowest BCUT2D eigenvalue weighted by Gasteiger charge is -2.28. The minimum atomic E-state index is -0.135. The average molecular weight is 321 g/mol. The number of carbonyl (C=O) groups is 1. The molecule has 5 nitrogen and oxygen atoms in total. The van der Waals surface area contributed by atoms with E-state index in [9.17, 15) is 4.79 Å². The van der Waals surface area contributed by atoms with Gasteiger partial charge in [-0.3, -0.25) is 4.79 Å². The Morgan fingerprint density at radius 2 is 2.12 bits per heavy atom. The van der Waals surface area contributed by atoms with Crippen molar-refractivity contribution in [3.05, 3.63) is 66.1 Å². The van der Waals surface area contributed by atoms with E-state index in [1.165, 1.54) is 0 Å². The summed E-state index contributed by atoms with van der Waals surface area (Å²) in [6.07, 6.45) is 4.52. The van der Waals surface area contributed by atoms with E-state index in [1.807, 2.05) is 66.3 Å². The van der Waals surface area contributed by atoms with Gasteiger partial charge in [0.05, 0.1) is 24.4 Å². The van der Waals surface area contributed by atoms with Gasteiger partial charge < -0.3 is 14.0 Å². The molecule has 24 heavy (non-hydrogen) atoms. The van der Waals surface area contributed by atoms with E-state index in [0.717, 1.165) is 29.1 Å². The second-order valence-electron chi connectivity index (χ2n) is 6.19. The lowest BCUT2D eigenvalue weighted by molar-refractivity contribution is -0.136. The number of imidazole rings is 1. The molecule has 0 saturated carbocycles. The zero-order chi connectivity index (χ0) is 16.5. The highest BCUT2D eigenvalue weighted by molar-refractivity contribution is 5.79. The molecule has 0 N–H and O–H groups in total. The van der Waals surface area contributed by atoms with Crippen LogP contribution >= 0.6 is 0 Å². The fourth-order valence-corrected chi connectivity index (χ4v) is 3.22. The standard InChI is InChI=1S/C19H19N3O2/c1-21(12-16-11-20-18-8-4-5-9-22(16)18)19(23)15-10-14-6-2-3-7-17(14)24-13-15/h2-9,11,15H,10,12-13H2,1H3/t15-/m0/s1. The lowest BCUT2D eigenvalue weighted by Crippen LogP contribution is -2.38. The molecule has 122 valence electrons. The highest BCUT2D eigenvalue weighted by Gasteiger charge is 2.28. The van der Waals surface area contributed by atoms with E-state index in [-0.39, 0.29) is 11.8 Å². The number of amides is 1. The second-order valence-corrected chi connectivity index (χ2v) is 6.19. The van der Waals surface area contributed by atoms with Crippen molar-refractivity contribution in [3.8, 4) is 5.75 Å². The third kappa shape index (κ3) is 2.62. The van der Waals surface area contributed by atoms with Crippen molar-refractivity contribution < 1.29 is 9.53 Å². The summed E-state index contributed by atoms with van der Waals surface area (Å²) in [6, 6.07) is 13.8. The highest BCUT2D eigenvalue weighted by Crippen LogP contribution is 2.27. The van der Waals surface area contributed by atoms with Crippen molar-refractivity contribution in [2.45, 2.75) is 13.0 Å². The van der Waals surface area contributed by atoms with Gasteiger partial charge >= 0.3 is 0 Å². The van der Waals surface area contributed by atoms with E-state index in [4.69, 9.17) is 4.74 Å². The molecule has 3 heterocycles. The number of aromatic nitrogens is 2. The first-order valence-electron chi connectivity index (χ1n) is 8.09. The summed E-state index contributed by atoms with van der Waals surface area (Å²) in [7, 11) is 1.84. The summed E-state index contributed by atoms with van der Waals surface area (Å²) >= 11 is 0. The molecule has 2 aromatic heterocycles. The van der Waals surface area contributed by atoms with Gasteiger partial charge in [-0.2, -0.15) is 0 Å². The SMILES string of the molecule is CN(Cc1cnc2ccccn12)C(=O)[C@@H]1COc2ccccc2C1. The number of pyridine rings is 1. The Labute approximate surface area is 140 Å². The van der Waals surface area contributed by atoms with E-state index in [0.29, 0.717) is 13.2 Å². The largest absolute Gasteiger partial charge is 0.492 e. The van der Waals surface area contributed by atoms with Crippen LogP contribution in [-0.4, -0.2) is 33.8 Å². The Morgan fingerprint density at radius 1 is 1.29 bits per heavy atom. The number of carbonyl (C=O) groups excluding carboxylic acids is 1. The first kappa shape index (κ1) is 14.8. The fourth-order valence-electron chi connectivity index (χ4n) is 3.22. The van der Waals surface area contributed by atoms with Crippen LogP contribution in [0.4, 0.5) is 0 Å². The topological polar surface area (TPSA) is 46.8 Å². The Balaban J connectivity index is 1.49. The van der Waals surface area contributed by atoms with Gasteiger partial charge in [-0.05, 0) is 30.2 Å². The van der Waals surface area contributed by atoms with Crippen LogP contribution in [0.5, 0.6) is 5.75 Å². The monoisotopic (exact) mass is 321 g/mol. The molecule has 4 rings (SSSR count). The van der Waals surface area contributed by atoms with Gasteiger partial charge in [-0.15, -0.1) is 0 Å². The summed E-state index contributed by atoms with van der Waals surface area (Å²) in [4.78, 5) is 18.9. The number of hydrogen-bond acceptors (Lipinski definition) is 3. The first-order chi connectivity index (χ1) is 11.7. The van der Waals surface area contributed by atoms with Crippen molar-refractivity contribution in [3.63, 3.8) is 0 Å². The molecule has 0 bridgehead atoms. The lowest BCUT2D eigenvalue weighted by atomic mass is 9.95. The molecular formula is C19H19N3O2. The van der Waals surface area contributed by atoms with Crippen LogP contribution in [0, 0.1) is 5.92 Å². The highest BCUT2D eigenvalue weighted by atomic mass is 16.5. The molecule has 0 radical (unpaired) electrons. The van der Waals surface area contributed by atoms with Crippen molar-refractivity contribution in [2.24, 2.45) is 5.92 Å².